The molecular formula is C15H21N3O3. The topological polar surface area (TPSA) is 91.7 Å². The van der Waals surface area contributed by atoms with E-state index in [1.807, 2.05) is 29.2 Å². The van der Waals surface area contributed by atoms with E-state index in [0.717, 1.165) is 18.4 Å². The number of nitrogen functional groups attached to an aromatic ring is 1. The molecule has 1 heterocycles. The van der Waals surface area contributed by atoms with Gasteiger partial charge in [0.15, 0.2) is 0 Å². The lowest BCUT2D eigenvalue weighted by atomic mass is 10.1. The van der Waals surface area contributed by atoms with E-state index < -0.39 is 0 Å². The molecule has 1 amide bonds. The van der Waals surface area contributed by atoms with Crippen LogP contribution in [0.15, 0.2) is 28.7 Å². The predicted octanol–water partition coefficient (Wildman–Crippen LogP) is 1.24. The highest BCUT2D eigenvalue weighted by Gasteiger charge is 2.21. The van der Waals surface area contributed by atoms with Crippen molar-refractivity contribution in [3.63, 3.8) is 0 Å². The first-order chi connectivity index (χ1) is 10.2. The molecule has 6 heteroatoms. The van der Waals surface area contributed by atoms with Gasteiger partial charge in [0.25, 0.3) is 5.91 Å². The van der Waals surface area contributed by atoms with Crippen molar-refractivity contribution in [3.05, 3.63) is 35.6 Å². The van der Waals surface area contributed by atoms with E-state index in [-0.39, 0.29) is 12.5 Å². The van der Waals surface area contributed by atoms with Crippen molar-refractivity contribution in [2.75, 3.05) is 19.7 Å². The van der Waals surface area contributed by atoms with E-state index in [4.69, 9.17) is 15.4 Å². The zero-order chi connectivity index (χ0) is 15.2. The minimum absolute atomic E-state index is 0.0681. The zero-order valence-electron chi connectivity index (χ0n) is 12.1. The summed E-state index contributed by atoms with van der Waals surface area (Å²) in [5.74, 6) is 5.48. The lowest BCUT2D eigenvalue weighted by Crippen LogP contribution is -2.32. The van der Waals surface area contributed by atoms with Crippen LogP contribution in [0, 0.1) is 0 Å². The van der Waals surface area contributed by atoms with E-state index in [1.165, 1.54) is 0 Å². The number of nitrogens with two attached hydrogens (primary N) is 1. The van der Waals surface area contributed by atoms with Gasteiger partial charge in [-0.3, -0.25) is 15.1 Å². The summed E-state index contributed by atoms with van der Waals surface area (Å²) in [6, 6.07) is 7.37. The summed E-state index contributed by atoms with van der Waals surface area (Å²) in [4.78, 5) is 14.1. The quantitative estimate of drug-likeness (QED) is 0.405. The Morgan fingerprint density at radius 2 is 2.14 bits per heavy atom. The molecule has 21 heavy (non-hydrogen) atoms. The van der Waals surface area contributed by atoms with Gasteiger partial charge in [-0.15, -0.1) is 0 Å². The van der Waals surface area contributed by atoms with Gasteiger partial charge in [0.1, 0.15) is 11.3 Å². The maximum atomic E-state index is 12.0. The van der Waals surface area contributed by atoms with Crippen molar-refractivity contribution in [2.45, 2.75) is 19.9 Å². The lowest BCUT2D eigenvalue weighted by molar-refractivity contribution is 0.0950. The van der Waals surface area contributed by atoms with Gasteiger partial charge in [-0.2, -0.15) is 0 Å². The fourth-order valence-electron chi connectivity index (χ4n) is 2.46. The maximum absolute atomic E-state index is 12.0. The highest BCUT2D eigenvalue weighted by Crippen LogP contribution is 2.26. The molecule has 0 unspecified atom stereocenters. The van der Waals surface area contributed by atoms with Gasteiger partial charge < -0.3 is 9.52 Å². The van der Waals surface area contributed by atoms with E-state index >= 15 is 0 Å². The number of hydrogen-bond acceptors (Lipinski definition) is 5. The number of nitrogens with zero attached hydrogens (tertiary/aromatic N) is 1. The van der Waals surface area contributed by atoms with Gasteiger partial charge >= 0.3 is 0 Å². The largest absolute Gasteiger partial charge is 0.459 e. The number of para-hydroxylation sites is 1. The Labute approximate surface area is 123 Å². The Balaban J connectivity index is 2.39. The monoisotopic (exact) mass is 291 g/mol. The van der Waals surface area contributed by atoms with Crippen LogP contribution in [-0.2, 0) is 6.54 Å². The van der Waals surface area contributed by atoms with Crippen LogP contribution < -0.4 is 11.3 Å². The van der Waals surface area contributed by atoms with Gasteiger partial charge in [-0.05, 0) is 19.0 Å². The van der Waals surface area contributed by atoms with Crippen LogP contribution in [-0.4, -0.2) is 35.6 Å². The molecule has 0 bridgehead atoms. The Morgan fingerprint density at radius 1 is 1.38 bits per heavy atom. The predicted molar refractivity (Wildman–Crippen MR) is 80.5 cm³/mol. The molecule has 0 fully saturated rings. The fraction of sp³-hybridized carbons (Fsp3) is 0.400. The molecule has 0 spiro atoms. The number of amides is 1. The number of hydrazine groups is 1. The standard InChI is InChI=1S/C15H21N3O3/c1-2-7-18(8-9-19)10-13-14(15(20)17-16)11-5-3-4-6-12(11)21-13/h3-6,19H,2,7-10,16H2,1H3,(H,17,20). The van der Waals surface area contributed by atoms with E-state index in [1.54, 1.807) is 0 Å². The number of carbonyl (C=O) groups excluding carboxylic acids is 1. The molecule has 6 nitrogen and oxygen atoms in total. The highest BCUT2D eigenvalue weighted by atomic mass is 16.3. The van der Waals surface area contributed by atoms with Crippen molar-refractivity contribution in [3.8, 4) is 0 Å². The first-order valence-corrected chi connectivity index (χ1v) is 7.05. The molecule has 0 atom stereocenters. The number of nitrogens with one attached hydrogen (secondary N) is 1. The molecule has 0 radical (unpaired) electrons. The average molecular weight is 291 g/mol. The molecule has 0 saturated carbocycles. The SMILES string of the molecule is CCCN(CCO)Cc1oc2ccccc2c1C(=O)NN. The molecule has 1 aromatic carbocycles. The second-order valence-corrected chi connectivity index (χ2v) is 4.87. The Bertz CT molecular complexity index is 603. The zero-order valence-corrected chi connectivity index (χ0v) is 12.1. The summed E-state index contributed by atoms with van der Waals surface area (Å²) in [5, 5.41) is 9.88. The Morgan fingerprint density at radius 3 is 2.81 bits per heavy atom. The van der Waals surface area contributed by atoms with Crippen LogP contribution in [0.3, 0.4) is 0 Å². The average Bonchev–Trinajstić information content (AvgIpc) is 2.85. The maximum Gasteiger partial charge on any atom is 0.269 e. The first-order valence-electron chi connectivity index (χ1n) is 7.05. The fourth-order valence-corrected chi connectivity index (χ4v) is 2.46. The summed E-state index contributed by atoms with van der Waals surface area (Å²) >= 11 is 0. The van der Waals surface area contributed by atoms with Crippen LogP contribution in [0.2, 0.25) is 0 Å². The van der Waals surface area contributed by atoms with Gasteiger partial charge in [0.05, 0.1) is 18.7 Å². The number of aliphatic hydroxyl groups is 1. The van der Waals surface area contributed by atoms with Gasteiger partial charge in [-0.1, -0.05) is 25.1 Å². The number of hydrogen-bond donors (Lipinski definition) is 3. The molecule has 0 aliphatic rings. The molecule has 1 aromatic heterocycles. The van der Waals surface area contributed by atoms with Crippen molar-refractivity contribution >= 4 is 16.9 Å². The molecule has 0 aliphatic heterocycles. The molecule has 2 rings (SSSR count). The number of rotatable bonds is 7. The molecule has 2 aromatic rings. The molecule has 4 N–H and O–H groups in total. The normalized spacial score (nSPS) is 11.2. The van der Waals surface area contributed by atoms with Crippen molar-refractivity contribution < 1.29 is 14.3 Å². The van der Waals surface area contributed by atoms with Crippen LogP contribution in [0.1, 0.15) is 29.5 Å². The third-order valence-electron chi connectivity index (χ3n) is 3.35. The number of carbonyl (C=O) groups is 1. The van der Waals surface area contributed by atoms with E-state index in [0.29, 0.717) is 30.0 Å². The van der Waals surface area contributed by atoms with Crippen LogP contribution in [0.5, 0.6) is 0 Å². The first kappa shape index (κ1) is 15.5. The minimum atomic E-state index is -0.365. The molecule has 0 saturated heterocycles. The third kappa shape index (κ3) is 3.41. The lowest BCUT2D eigenvalue weighted by Gasteiger charge is -2.19. The van der Waals surface area contributed by atoms with Crippen molar-refractivity contribution in [2.24, 2.45) is 5.84 Å². The summed E-state index contributed by atoms with van der Waals surface area (Å²) in [7, 11) is 0. The molecule has 0 aliphatic carbocycles. The van der Waals surface area contributed by atoms with Crippen LogP contribution in [0.25, 0.3) is 11.0 Å². The van der Waals surface area contributed by atoms with Gasteiger partial charge in [-0.25, -0.2) is 5.84 Å². The van der Waals surface area contributed by atoms with Gasteiger partial charge in [0.2, 0.25) is 0 Å². The summed E-state index contributed by atoms with van der Waals surface area (Å²) in [6.45, 7) is 3.96. The summed E-state index contributed by atoms with van der Waals surface area (Å²) < 4.78 is 5.81. The second-order valence-electron chi connectivity index (χ2n) is 4.87. The number of benzene rings is 1. The van der Waals surface area contributed by atoms with Crippen LogP contribution >= 0.6 is 0 Å². The Hall–Kier alpha value is -1.89. The number of fused-ring (bicyclic) bond motifs is 1. The Kier molecular flexibility index (Phi) is 5.32. The van der Waals surface area contributed by atoms with E-state index in [9.17, 15) is 4.79 Å². The summed E-state index contributed by atoms with van der Waals surface area (Å²) in [6.07, 6.45) is 0.957. The van der Waals surface area contributed by atoms with E-state index in [2.05, 4.69) is 12.3 Å². The number of furan rings is 1. The van der Waals surface area contributed by atoms with Crippen LogP contribution in [0.4, 0.5) is 0 Å². The minimum Gasteiger partial charge on any atom is -0.459 e. The number of aliphatic hydroxyl groups excluding tert-OH is 1. The molecular weight excluding hydrogens is 270 g/mol. The van der Waals surface area contributed by atoms with Crippen molar-refractivity contribution in [1.29, 1.82) is 0 Å². The highest BCUT2D eigenvalue weighted by molar-refractivity contribution is 6.07. The van der Waals surface area contributed by atoms with Crippen molar-refractivity contribution in [1.82, 2.24) is 10.3 Å². The van der Waals surface area contributed by atoms with Gasteiger partial charge in [0, 0.05) is 11.9 Å². The summed E-state index contributed by atoms with van der Waals surface area (Å²) in [5.41, 5.74) is 3.29. The third-order valence-corrected chi connectivity index (χ3v) is 3.35. The smallest absolute Gasteiger partial charge is 0.269 e. The second kappa shape index (κ2) is 7.21. The molecule has 114 valence electrons.